The van der Waals surface area contributed by atoms with Crippen LogP contribution in [0.5, 0.6) is 0 Å². The van der Waals surface area contributed by atoms with Crippen LogP contribution in [0.25, 0.3) is 0 Å². The lowest BCUT2D eigenvalue weighted by atomic mass is 10.2. The van der Waals surface area contributed by atoms with Crippen LogP contribution >= 0.6 is 11.8 Å². The Morgan fingerprint density at radius 2 is 1.37 bits per heavy atom. The van der Waals surface area contributed by atoms with E-state index in [0.29, 0.717) is 13.1 Å². The quantitative estimate of drug-likeness (QED) is 0.458. The molecule has 2 aliphatic rings. The molecule has 0 saturated carbocycles. The van der Waals surface area contributed by atoms with Crippen LogP contribution < -0.4 is 4.90 Å². The number of piperidine rings is 1. The number of ether oxygens (including phenoxy) is 1. The second-order valence-electron chi connectivity index (χ2n) is 8.33. The molecule has 0 N–H and O–H groups in total. The Balaban J connectivity index is 1.29. The maximum Gasteiger partial charge on any atom is 0.338 e. The minimum absolute atomic E-state index is 0.144. The van der Waals surface area contributed by atoms with Gasteiger partial charge >= 0.3 is 5.97 Å². The molecule has 5 rings (SSSR count). The van der Waals surface area contributed by atoms with Gasteiger partial charge in [-0.15, -0.1) is 0 Å². The number of hydrogen-bond donors (Lipinski definition) is 0. The van der Waals surface area contributed by atoms with Crippen molar-refractivity contribution in [3.63, 3.8) is 0 Å². The molecule has 1 fully saturated rings. The molecule has 9 heteroatoms. The van der Waals surface area contributed by atoms with Crippen LogP contribution in [0, 0.1) is 0 Å². The van der Waals surface area contributed by atoms with Crippen molar-refractivity contribution in [3.8, 4) is 0 Å². The van der Waals surface area contributed by atoms with Gasteiger partial charge in [0.2, 0.25) is 10.0 Å². The number of carbonyl (C=O) groups is 2. The predicted octanol–water partition coefficient (Wildman–Crippen LogP) is 4.85. The first-order chi connectivity index (χ1) is 16.9. The molecule has 0 bridgehead atoms. The summed E-state index contributed by atoms with van der Waals surface area (Å²) in [6, 6.07) is 20.8. The van der Waals surface area contributed by atoms with Gasteiger partial charge < -0.3 is 4.74 Å². The summed E-state index contributed by atoms with van der Waals surface area (Å²) >= 11 is 1.58. The maximum absolute atomic E-state index is 13.2. The highest BCUT2D eigenvalue weighted by atomic mass is 32.2. The predicted molar refractivity (Wildman–Crippen MR) is 133 cm³/mol. The SMILES string of the molecule is O=C(OCC(=O)N1c2ccccc2Sc2ccccc21)c1ccc(S(=O)(=O)N2CCCCC2)cc1. The van der Waals surface area contributed by atoms with E-state index in [1.54, 1.807) is 16.7 Å². The number of fused-ring (bicyclic) bond motifs is 2. The smallest absolute Gasteiger partial charge is 0.338 e. The summed E-state index contributed by atoms with van der Waals surface area (Å²) in [6.45, 7) is 0.574. The largest absolute Gasteiger partial charge is 0.452 e. The number of anilines is 2. The van der Waals surface area contributed by atoms with Crippen LogP contribution in [0.2, 0.25) is 0 Å². The Labute approximate surface area is 208 Å². The molecule has 1 amide bonds. The van der Waals surface area contributed by atoms with Crippen molar-refractivity contribution in [1.82, 2.24) is 4.31 Å². The van der Waals surface area contributed by atoms with E-state index in [4.69, 9.17) is 4.74 Å². The van der Waals surface area contributed by atoms with Gasteiger partial charge in [-0.1, -0.05) is 42.4 Å². The Morgan fingerprint density at radius 3 is 1.97 bits per heavy atom. The Kier molecular flexibility index (Phi) is 6.64. The van der Waals surface area contributed by atoms with Gasteiger partial charge in [0.15, 0.2) is 6.61 Å². The lowest BCUT2D eigenvalue weighted by molar-refractivity contribution is -0.121. The minimum atomic E-state index is -3.58. The summed E-state index contributed by atoms with van der Waals surface area (Å²) in [5.41, 5.74) is 1.67. The third kappa shape index (κ3) is 4.71. The van der Waals surface area contributed by atoms with Crippen molar-refractivity contribution < 1.29 is 22.7 Å². The van der Waals surface area contributed by atoms with Gasteiger partial charge in [-0.3, -0.25) is 9.69 Å². The van der Waals surface area contributed by atoms with Crippen molar-refractivity contribution in [3.05, 3.63) is 78.4 Å². The first-order valence-electron chi connectivity index (χ1n) is 11.4. The van der Waals surface area contributed by atoms with Gasteiger partial charge in [-0.05, 0) is 61.4 Å². The number of nitrogens with zero attached hydrogens (tertiary/aromatic N) is 2. The van der Waals surface area contributed by atoms with Crippen LogP contribution in [-0.2, 0) is 19.6 Å². The first kappa shape index (κ1) is 23.6. The standard InChI is InChI=1S/C26H24N2O5S2/c29-25(28-21-8-2-4-10-23(21)34-24-11-5-3-9-22(24)28)18-33-26(30)19-12-14-20(15-13-19)35(31,32)27-16-6-1-7-17-27/h2-5,8-15H,1,6-7,16-18H2. The van der Waals surface area contributed by atoms with Crippen LogP contribution in [-0.4, -0.2) is 44.3 Å². The van der Waals surface area contributed by atoms with E-state index in [2.05, 4.69) is 0 Å². The van der Waals surface area contributed by atoms with Crippen LogP contribution in [0.4, 0.5) is 11.4 Å². The molecule has 1 saturated heterocycles. The fraction of sp³-hybridized carbons (Fsp3) is 0.231. The fourth-order valence-electron chi connectivity index (χ4n) is 4.27. The number of para-hydroxylation sites is 2. The van der Waals surface area contributed by atoms with E-state index in [1.165, 1.54) is 28.6 Å². The summed E-state index contributed by atoms with van der Waals surface area (Å²) < 4.78 is 32.4. The van der Waals surface area contributed by atoms with E-state index >= 15 is 0 Å². The fourth-order valence-corrected chi connectivity index (χ4v) is 6.84. The molecule has 0 atom stereocenters. The highest BCUT2D eigenvalue weighted by Crippen LogP contribution is 2.47. The summed E-state index contributed by atoms with van der Waals surface area (Å²) in [5, 5.41) is 0. The zero-order valence-corrected chi connectivity index (χ0v) is 20.6. The second kappa shape index (κ2) is 9.85. The molecule has 2 heterocycles. The topological polar surface area (TPSA) is 84.0 Å². The van der Waals surface area contributed by atoms with Crippen molar-refractivity contribution in [2.45, 2.75) is 33.9 Å². The van der Waals surface area contributed by atoms with Gasteiger partial charge in [-0.2, -0.15) is 4.31 Å². The number of rotatable bonds is 5. The number of sulfonamides is 1. The molecule has 0 unspecified atom stereocenters. The number of benzene rings is 3. The summed E-state index contributed by atoms with van der Waals surface area (Å²) in [4.78, 5) is 29.4. The lowest BCUT2D eigenvalue weighted by Gasteiger charge is -2.30. The maximum atomic E-state index is 13.2. The molecule has 2 aliphatic heterocycles. The lowest BCUT2D eigenvalue weighted by Crippen LogP contribution is -2.35. The van der Waals surface area contributed by atoms with Crippen molar-refractivity contribution in [2.75, 3.05) is 24.6 Å². The monoisotopic (exact) mass is 508 g/mol. The highest BCUT2D eigenvalue weighted by molar-refractivity contribution is 7.99. The van der Waals surface area contributed by atoms with Crippen molar-refractivity contribution in [1.29, 1.82) is 0 Å². The summed E-state index contributed by atoms with van der Waals surface area (Å²) in [6.07, 6.45) is 2.73. The number of amides is 1. The van der Waals surface area contributed by atoms with Crippen molar-refractivity contribution >= 4 is 45.0 Å². The van der Waals surface area contributed by atoms with E-state index in [1.807, 2.05) is 48.5 Å². The van der Waals surface area contributed by atoms with E-state index < -0.39 is 22.6 Å². The first-order valence-corrected chi connectivity index (χ1v) is 13.7. The van der Waals surface area contributed by atoms with Gasteiger partial charge in [0.05, 0.1) is 21.8 Å². The zero-order chi connectivity index (χ0) is 24.4. The summed E-state index contributed by atoms with van der Waals surface area (Å²) in [7, 11) is -3.58. The molecule has 0 aliphatic carbocycles. The molecule has 3 aromatic rings. The third-order valence-electron chi connectivity index (χ3n) is 6.05. The second-order valence-corrected chi connectivity index (χ2v) is 11.4. The van der Waals surface area contributed by atoms with Gasteiger partial charge in [0.25, 0.3) is 5.91 Å². The Hall–Kier alpha value is -3.14. The molecule has 0 radical (unpaired) electrons. The van der Waals surface area contributed by atoms with E-state index in [9.17, 15) is 18.0 Å². The van der Waals surface area contributed by atoms with E-state index in [0.717, 1.165) is 40.4 Å². The molecule has 180 valence electrons. The molecule has 35 heavy (non-hydrogen) atoms. The molecule has 7 nitrogen and oxygen atoms in total. The van der Waals surface area contributed by atoms with E-state index in [-0.39, 0.29) is 16.4 Å². The minimum Gasteiger partial charge on any atom is -0.452 e. The van der Waals surface area contributed by atoms with Crippen LogP contribution in [0.15, 0.2) is 87.5 Å². The van der Waals surface area contributed by atoms with Gasteiger partial charge in [0.1, 0.15) is 0 Å². The average Bonchev–Trinajstić information content (AvgIpc) is 2.90. The Morgan fingerprint density at radius 1 is 0.800 bits per heavy atom. The molecule has 3 aromatic carbocycles. The summed E-state index contributed by atoms with van der Waals surface area (Å²) in [5.74, 6) is -1.06. The molecule has 0 aromatic heterocycles. The number of carbonyl (C=O) groups excluding carboxylic acids is 2. The van der Waals surface area contributed by atoms with Gasteiger partial charge in [-0.25, -0.2) is 13.2 Å². The number of esters is 1. The van der Waals surface area contributed by atoms with Crippen LogP contribution in [0.1, 0.15) is 29.6 Å². The third-order valence-corrected chi connectivity index (χ3v) is 9.09. The number of hydrogen-bond acceptors (Lipinski definition) is 6. The zero-order valence-electron chi connectivity index (χ0n) is 18.9. The van der Waals surface area contributed by atoms with Crippen molar-refractivity contribution in [2.24, 2.45) is 0 Å². The Bertz CT molecular complexity index is 1320. The molecular weight excluding hydrogens is 484 g/mol. The molecule has 0 spiro atoms. The average molecular weight is 509 g/mol. The molecular formula is C26H24N2O5S2. The van der Waals surface area contributed by atoms with Gasteiger partial charge in [0, 0.05) is 22.9 Å². The highest BCUT2D eigenvalue weighted by Gasteiger charge is 2.29. The normalized spacial score (nSPS) is 15.7. The van der Waals surface area contributed by atoms with Crippen LogP contribution in [0.3, 0.4) is 0 Å².